The summed E-state index contributed by atoms with van der Waals surface area (Å²) in [6.45, 7) is 1.75. The van der Waals surface area contributed by atoms with E-state index in [1.54, 1.807) is 24.3 Å². The van der Waals surface area contributed by atoms with Crippen LogP contribution in [0, 0.1) is 0 Å². The Bertz CT molecular complexity index is 1440. The molecule has 0 unspecified atom stereocenters. The van der Waals surface area contributed by atoms with E-state index >= 15 is 0 Å². The Morgan fingerprint density at radius 3 is 2.89 bits per heavy atom. The van der Waals surface area contributed by atoms with Crippen molar-refractivity contribution in [1.82, 2.24) is 34.5 Å². The average Bonchev–Trinajstić information content (AvgIpc) is 3.39. The van der Waals surface area contributed by atoms with Crippen LogP contribution in [0.2, 0.25) is 0 Å². The number of fused-ring (bicyclic) bond motifs is 2. The molecule has 0 spiro atoms. The molecule has 0 amide bonds. The number of halogens is 3. The van der Waals surface area contributed by atoms with Crippen LogP contribution in [0.1, 0.15) is 7.79 Å². The molecule has 0 radical (unpaired) electrons. The molecule has 13 heteroatoms. The fraction of sp³-hybridized carbons (Fsp3) is 0.478. The normalized spacial score (nSPS) is 21.8. The minimum absolute atomic E-state index is 0.0599. The maximum absolute atomic E-state index is 15.0. The first-order valence-electron chi connectivity index (χ1n) is 12.2. The average molecular weight is 504 g/mol. The smallest absolute Gasteiger partial charge is 0.258 e. The molecule has 2 saturated heterocycles. The number of aromatic nitrogens is 6. The van der Waals surface area contributed by atoms with Gasteiger partial charge in [-0.1, -0.05) is 11.3 Å². The van der Waals surface area contributed by atoms with Gasteiger partial charge in [-0.05, 0) is 30.2 Å². The molecular weight excluding hydrogens is 477 g/mol. The minimum Gasteiger partial charge on any atom is -0.479 e. The van der Waals surface area contributed by atoms with E-state index in [1.165, 1.54) is 11.6 Å². The largest absolute Gasteiger partial charge is 0.479 e. The summed E-state index contributed by atoms with van der Waals surface area (Å²) in [4.78, 5) is 6.57. The van der Waals surface area contributed by atoms with Crippen LogP contribution in [-0.2, 0) is 11.3 Å². The monoisotopic (exact) mass is 503 g/mol. The van der Waals surface area contributed by atoms with Crippen molar-refractivity contribution in [1.29, 1.82) is 0 Å². The first-order valence-corrected chi connectivity index (χ1v) is 11.7. The maximum atomic E-state index is 15.0. The molecule has 10 nitrogen and oxygen atoms in total. The van der Waals surface area contributed by atoms with Crippen molar-refractivity contribution < 1.29 is 24.0 Å². The fourth-order valence-corrected chi connectivity index (χ4v) is 4.77. The summed E-state index contributed by atoms with van der Waals surface area (Å²) in [6, 6.07) is 6.52. The van der Waals surface area contributed by atoms with Crippen molar-refractivity contribution in [2.45, 2.75) is 37.6 Å². The third-order valence-electron chi connectivity index (χ3n) is 6.76. The number of hydrogen-bond acceptors (Lipinski definition) is 8. The van der Waals surface area contributed by atoms with Gasteiger partial charge in [0, 0.05) is 24.8 Å². The second-order valence-electron chi connectivity index (χ2n) is 9.00. The van der Waals surface area contributed by atoms with Crippen LogP contribution >= 0.6 is 0 Å². The lowest BCUT2D eigenvalue weighted by Crippen LogP contribution is -2.57. The van der Waals surface area contributed by atoms with Crippen LogP contribution in [0.15, 0.2) is 30.4 Å². The molecule has 5 heterocycles. The second-order valence-corrected chi connectivity index (χ2v) is 9.00. The molecule has 0 bridgehead atoms. The zero-order valence-electron chi connectivity index (χ0n) is 20.4. The number of benzene rings is 1. The lowest BCUT2D eigenvalue weighted by molar-refractivity contribution is -0.0794. The molecule has 1 N–H and O–H groups in total. The lowest BCUT2D eigenvalue weighted by atomic mass is 10.0. The Balaban J connectivity index is 1.32. The number of piperidine rings is 1. The second kappa shape index (κ2) is 9.21. The van der Waals surface area contributed by atoms with Crippen LogP contribution in [0.25, 0.3) is 27.7 Å². The summed E-state index contributed by atoms with van der Waals surface area (Å²) in [7, 11) is 1.45. The standard InChI is InChI=1S/C23H25F3N8O2/c1-35-22-21-15(13-2-3-18-19(8-13)34(31-29-18)10-20(25)26)4-7-33(21)30-23(28-22)27-17-5-6-32(9-16(17)24)14-11-36-12-14/h2-4,7-8,14,16-17,20H,5-6,9-12H2,1H3,(H,27,30)/t16-,17-/m0/s1/i7D. The Kier molecular flexibility index (Phi) is 5.58. The molecule has 2 aliphatic heterocycles. The number of alkyl halides is 3. The highest BCUT2D eigenvalue weighted by molar-refractivity contribution is 5.89. The Morgan fingerprint density at radius 1 is 1.31 bits per heavy atom. The van der Waals surface area contributed by atoms with Gasteiger partial charge in [-0.2, -0.15) is 4.98 Å². The van der Waals surface area contributed by atoms with E-state index in [2.05, 4.69) is 30.6 Å². The van der Waals surface area contributed by atoms with Gasteiger partial charge >= 0.3 is 0 Å². The van der Waals surface area contributed by atoms with Gasteiger partial charge in [-0.3, -0.25) is 4.90 Å². The van der Waals surface area contributed by atoms with Crippen LogP contribution < -0.4 is 10.1 Å². The van der Waals surface area contributed by atoms with Crippen molar-refractivity contribution in [2.75, 3.05) is 38.7 Å². The van der Waals surface area contributed by atoms with E-state index in [4.69, 9.17) is 10.8 Å². The summed E-state index contributed by atoms with van der Waals surface area (Å²) in [5, 5.41) is 15.3. The maximum Gasteiger partial charge on any atom is 0.258 e. The number of nitrogens with one attached hydrogen (secondary N) is 1. The van der Waals surface area contributed by atoms with Gasteiger partial charge < -0.3 is 14.8 Å². The molecule has 0 saturated carbocycles. The summed E-state index contributed by atoms with van der Waals surface area (Å²) >= 11 is 0. The van der Waals surface area contributed by atoms with Gasteiger partial charge in [0.1, 0.15) is 23.7 Å². The molecule has 1 aromatic carbocycles. The number of nitrogens with zero attached hydrogens (tertiary/aromatic N) is 7. The minimum atomic E-state index is -2.58. The van der Waals surface area contributed by atoms with Crippen molar-refractivity contribution in [2.24, 2.45) is 0 Å². The van der Waals surface area contributed by atoms with Crippen LogP contribution in [0.4, 0.5) is 19.1 Å². The number of methoxy groups -OCH3 is 1. The summed E-state index contributed by atoms with van der Waals surface area (Å²) in [5.41, 5.74) is 2.57. The molecular formula is C23H25F3N8O2. The SMILES string of the molecule is [2H]c1cc(-c2ccc3nnn(CC(F)F)c3c2)c2c(OC)nc(N[C@H]3CCN(C4COC4)C[C@@H]3F)nn12. The number of rotatable bonds is 7. The highest BCUT2D eigenvalue weighted by Gasteiger charge is 2.35. The first kappa shape index (κ1) is 21.8. The first-order chi connectivity index (χ1) is 17.9. The quantitative estimate of drug-likeness (QED) is 0.412. The highest BCUT2D eigenvalue weighted by atomic mass is 19.3. The van der Waals surface area contributed by atoms with Gasteiger partial charge in [0.25, 0.3) is 6.43 Å². The van der Waals surface area contributed by atoms with Crippen molar-refractivity contribution in [3.8, 4) is 17.0 Å². The predicted molar refractivity (Wildman–Crippen MR) is 125 cm³/mol. The van der Waals surface area contributed by atoms with Gasteiger partial charge in [-0.25, -0.2) is 22.4 Å². The Labute approximate surface area is 205 Å². The number of hydrogen-bond donors (Lipinski definition) is 1. The molecule has 2 fully saturated rings. The molecule has 3 aromatic heterocycles. The van der Waals surface area contributed by atoms with Crippen LogP contribution in [0.5, 0.6) is 5.88 Å². The number of ether oxygens (including phenoxy) is 2. The number of anilines is 1. The summed E-state index contributed by atoms with van der Waals surface area (Å²) in [6.07, 6.45) is -3.06. The van der Waals surface area contributed by atoms with Crippen molar-refractivity contribution in [3.05, 3.63) is 30.4 Å². The third-order valence-corrected chi connectivity index (χ3v) is 6.76. The summed E-state index contributed by atoms with van der Waals surface area (Å²) < 4.78 is 62.7. The van der Waals surface area contributed by atoms with E-state index in [0.29, 0.717) is 53.9 Å². The number of likely N-dealkylation sites (tertiary alicyclic amines) is 1. The molecule has 190 valence electrons. The van der Waals surface area contributed by atoms with Crippen LogP contribution in [-0.4, -0.2) is 92.6 Å². The fourth-order valence-electron chi connectivity index (χ4n) is 4.77. The molecule has 2 atom stereocenters. The topological polar surface area (TPSA) is 94.6 Å². The van der Waals surface area contributed by atoms with E-state index in [9.17, 15) is 13.2 Å². The van der Waals surface area contributed by atoms with E-state index in [1.807, 2.05) is 0 Å². The zero-order chi connectivity index (χ0) is 25.7. The molecule has 0 aliphatic carbocycles. The van der Waals surface area contributed by atoms with Crippen molar-refractivity contribution in [3.63, 3.8) is 0 Å². The molecule has 6 rings (SSSR count). The summed E-state index contributed by atoms with van der Waals surface area (Å²) in [5.74, 6) is 0.354. The van der Waals surface area contributed by atoms with Gasteiger partial charge in [0.15, 0.2) is 0 Å². The molecule has 36 heavy (non-hydrogen) atoms. The van der Waals surface area contributed by atoms with Gasteiger partial charge in [-0.15, -0.1) is 10.2 Å². The predicted octanol–water partition coefficient (Wildman–Crippen LogP) is 2.64. The van der Waals surface area contributed by atoms with Gasteiger partial charge in [0.05, 0.1) is 39.3 Å². The van der Waals surface area contributed by atoms with E-state index < -0.39 is 25.2 Å². The highest BCUT2D eigenvalue weighted by Crippen LogP contribution is 2.33. The molecule has 2 aliphatic rings. The van der Waals surface area contributed by atoms with Gasteiger partial charge in [0.2, 0.25) is 11.8 Å². The van der Waals surface area contributed by atoms with Crippen molar-refractivity contribution >= 4 is 22.5 Å². The zero-order valence-corrected chi connectivity index (χ0v) is 19.4. The van der Waals surface area contributed by atoms with E-state index in [0.717, 1.165) is 11.2 Å². The molecule has 4 aromatic rings. The van der Waals surface area contributed by atoms with Crippen LogP contribution in [0.3, 0.4) is 0 Å². The third kappa shape index (κ3) is 4.11. The Morgan fingerprint density at radius 2 is 2.17 bits per heavy atom. The Hall–Kier alpha value is -3.45. The van der Waals surface area contributed by atoms with E-state index in [-0.39, 0.29) is 24.0 Å². The lowest BCUT2D eigenvalue weighted by Gasteiger charge is -2.42.